The molecule has 2 rings (SSSR count). The summed E-state index contributed by atoms with van der Waals surface area (Å²) in [6.45, 7) is 0. The normalized spacial score (nSPS) is 23.3. The Morgan fingerprint density at radius 2 is 1.50 bits per heavy atom. The van der Waals surface area contributed by atoms with E-state index in [9.17, 15) is 4.79 Å². The summed E-state index contributed by atoms with van der Waals surface area (Å²) in [5.74, 6) is 0.919. The van der Waals surface area contributed by atoms with Gasteiger partial charge in [-0.25, -0.2) is 0 Å². The number of rotatable bonds is 1. The van der Waals surface area contributed by atoms with E-state index in [2.05, 4.69) is 30.3 Å². The third kappa shape index (κ3) is 4.29. The molecule has 1 saturated carbocycles. The van der Waals surface area contributed by atoms with E-state index in [-0.39, 0.29) is 0 Å². The van der Waals surface area contributed by atoms with Crippen LogP contribution in [0.2, 0.25) is 0 Å². The highest BCUT2D eigenvalue weighted by atomic mass is 16.1. The van der Waals surface area contributed by atoms with E-state index in [1.54, 1.807) is 0 Å². The van der Waals surface area contributed by atoms with Crippen LogP contribution < -0.4 is 0 Å². The van der Waals surface area contributed by atoms with Gasteiger partial charge < -0.3 is 0 Å². The number of ketones is 1. The minimum Gasteiger partial charge on any atom is -0.300 e. The molecule has 1 aromatic carbocycles. The Morgan fingerprint density at radius 1 is 0.833 bits per heavy atom. The van der Waals surface area contributed by atoms with E-state index in [0.717, 1.165) is 19.3 Å². The smallest absolute Gasteiger partial charge is 0.133 e. The average molecular weight is 244 g/mol. The van der Waals surface area contributed by atoms with Crippen LogP contribution in [0.4, 0.5) is 0 Å². The standard InChI is InChI=1S/C17H24O/c18-17-13-9-4-2-1-3-6-12-16(14-17)15-10-7-5-8-11-15/h5,7-8,10-11,16H,1-4,6,9,12-14H2. The summed E-state index contributed by atoms with van der Waals surface area (Å²) in [7, 11) is 0. The Labute approximate surface area is 111 Å². The summed E-state index contributed by atoms with van der Waals surface area (Å²) in [5.41, 5.74) is 1.35. The van der Waals surface area contributed by atoms with Gasteiger partial charge in [-0.15, -0.1) is 0 Å². The average Bonchev–Trinajstić information content (AvgIpc) is 2.45. The molecule has 0 spiro atoms. The molecule has 1 aliphatic carbocycles. The lowest BCUT2D eigenvalue weighted by atomic mass is 9.88. The molecule has 0 N–H and O–H groups in total. The molecule has 0 bridgehead atoms. The molecule has 1 atom stereocenters. The molecule has 98 valence electrons. The summed E-state index contributed by atoms with van der Waals surface area (Å²) in [5, 5.41) is 0. The van der Waals surface area contributed by atoms with E-state index >= 15 is 0 Å². The van der Waals surface area contributed by atoms with Crippen molar-refractivity contribution in [3.8, 4) is 0 Å². The quantitative estimate of drug-likeness (QED) is 0.689. The molecule has 0 aliphatic heterocycles. The maximum Gasteiger partial charge on any atom is 0.133 e. The third-order valence-electron chi connectivity index (χ3n) is 4.00. The molecule has 0 saturated heterocycles. The molecule has 1 fully saturated rings. The van der Waals surface area contributed by atoms with E-state index in [4.69, 9.17) is 0 Å². The lowest BCUT2D eigenvalue weighted by Crippen LogP contribution is -2.07. The molecule has 1 heteroatoms. The Balaban J connectivity index is 2.02. The van der Waals surface area contributed by atoms with Gasteiger partial charge in [0.1, 0.15) is 5.78 Å². The predicted octanol–water partition coefficient (Wildman–Crippen LogP) is 4.86. The van der Waals surface area contributed by atoms with E-state index in [0.29, 0.717) is 11.7 Å². The van der Waals surface area contributed by atoms with Crippen molar-refractivity contribution in [3.05, 3.63) is 35.9 Å². The minimum atomic E-state index is 0.455. The van der Waals surface area contributed by atoms with Gasteiger partial charge in [0.15, 0.2) is 0 Å². The van der Waals surface area contributed by atoms with Gasteiger partial charge in [0.2, 0.25) is 0 Å². The molecule has 1 aliphatic rings. The maximum absolute atomic E-state index is 12.0. The Morgan fingerprint density at radius 3 is 2.28 bits per heavy atom. The Kier molecular flexibility index (Phi) is 5.44. The second-order valence-electron chi connectivity index (χ2n) is 5.51. The summed E-state index contributed by atoms with van der Waals surface area (Å²) in [4.78, 5) is 12.0. The second-order valence-corrected chi connectivity index (χ2v) is 5.51. The molecule has 1 nitrogen and oxygen atoms in total. The van der Waals surface area contributed by atoms with Gasteiger partial charge in [-0.1, -0.05) is 62.4 Å². The summed E-state index contributed by atoms with van der Waals surface area (Å²) in [6, 6.07) is 10.6. The predicted molar refractivity (Wildman–Crippen MR) is 75.7 cm³/mol. The van der Waals surface area contributed by atoms with Crippen molar-refractivity contribution in [1.29, 1.82) is 0 Å². The van der Waals surface area contributed by atoms with E-state index in [1.807, 2.05) is 0 Å². The number of carbonyl (C=O) groups is 1. The van der Waals surface area contributed by atoms with Crippen LogP contribution in [0.25, 0.3) is 0 Å². The van der Waals surface area contributed by atoms with Crippen molar-refractivity contribution in [2.45, 2.75) is 63.7 Å². The van der Waals surface area contributed by atoms with Gasteiger partial charge >= 0.3 is 0 Å². The number of hydrogen-bond acceptors (Lipinski definition) is 1. The fraction of sp³-hybridized carbons (Fsp3) is 0.588. The summed E-state index contributed by atoms with van der Waals surface area (Å²) >= 11 is 0. The topological polar surface area (TPSA) is 17.1 Å². The van der Waals surface area contributed by atoms with Gasteiger partial charge in [-0.3, -0.25) is 4.79 Å². The molecular weight excluding hydrogens is 220 g/mol. The number of Topliss-reactive ketones (excluding diaryl/α,β-unsaturated/α-hetero) is 1. The summed E-state index contributed by atoms with van der Waals surface area (Å²) in [6.07, 6.45) is 10.3. The van der Waals surface area contributed by atoms with Crippen LogP contribution in [0.5, 0.6) is 0 Å². The summed E-state index contributed by atoms with van der Waals surface area (Å²) < 4.78 is 0. The molecule has 1 aromatic rings. The van der Waals surface area contributed by atoms with Gasteiger partial charge in [0.25, 0.3) is 0 Å². The molecule has 0 aromatic heterocycles. The molecule has 1 unspecified atom stereocenters. The third-order valence-corrected chi connectivity index (χ3v) is 4.00. The highest BCUT2D eigenvalue weighted by Crippen LogP contribution is 2.28. The van der Waals surface area contributed by atoms with E-state index in [1.165, 1.54) is 44.1 Å². The van der Waals surface area contributed by atoms with E-state index < -0.39 is 0 Å². The maximum atomic E-state index is 12.0. The first kappa shape index (κ1) is 13.3. The van der Waals surface area contributed by atoms with Crippen molar-refractivity contribution in [2.24, 2.45) is 0 Å². The van der Waals surface area contributed by atoms with Crippen LogP contribution in [-0.2, 0) is 4.79 Å². The SMILES string of the molecule is O=C1CCCCCCCCC(c2ccccc2)C1. The first-order valence-electron chi connectivity index (χ1n) is 7.43. The van der Waals surface area contributed by atoms with Crippen molar-refractivity contribution >= 4 is 5.78 Å². The minimum absolute atomic E-state index is 0.455. The first-order chi connectivity index (χ1) is 8.86. The van der Waals surface area contributed by atoms with Crippen LogP contribution in [0.1, 0.15) is 69.3 Å². The second kappa shape index (κ2) is 7.35. The molecule has 0 radical (unpaired) electrons. The van der Waals surface area contributed by atoms with Gasteiger partial charge in [0.05, 0.1) is 0 Å². The zero-order chi connectivity index (χ0) is 12.6. The van der Waals surface area contributed by atoms with Gasteiger partial charge in [-0.2, -0.15) is 0 Å². The zero-order valence-corrected chi connectivity index (χ0v) is 11.2. The van der Waals surface area contributed by atoms with Crippen molar-refractivity contribution in [1.82, 2.24) is 0 Å². The lowest BCUT2D eigenvalue weighted by molar-refractivity contribution is -0.119. The van der Waals surface area contributed by atoms with Crippen LogP contribution in [0.3, 0.4) is 0 Å². The molecular formula is C17H24O. The lowest BCUT2D eigenvalue weighted by Gasteiger charge is -2.16. The van der Waals surface area contributed by atoms with Gasteiger partial charge in [-0.05, 0) is 24.3 Å². The van der Waals surface area contributed by atoms with Crippen LogP contribution in [0.15, 0.2) is 30.3 Å². The molecule has 18 heavy (non-hydrogen) atoms. The number of benzene rings is 1. The highest BCUT2D eigenvalue weighted by Gasteiger charge is 2.16. The van der Waals surface area contributed by atoms with Crippen LogP contribution in [-0.4, -0.2) is 5.78 Å². The Bertz CT molecular complexity index is 355. The highest BCUT2D eigenvalue weighted by molar-refractivity contribution is 5.79. The largest absolute Gasteiger partial charge is 0.300 e. The van der Waals surface area contributed by atoms with Crippen LogP contribution in [0, 0.1) is 0 Å². The molecule has 0 heterocycles. The fourth-order valence-corrected chi connectivity index (χ4v) is 2.91. The van der Waals surface area contributed by atoms with Crippen molar-refractivity contribution < 1.29 is 4.79 Å². The first-order valence-corrected chi connectivity index (χ1v) is 7.43. The monoisotopic (exact) mass is 244 g/mol. The van der Waals surface area contributed by atoms with Gasteiger partial charge in [0, 0.05) is 12.8 Å². The Hall–Kier alpha value is -1.11. The van der Waals surface area contributed by atoms with Crippen LogP contribution >= 0.6 is 0 Å². The zero-order valence-electron chi connectivity index (χ0n) is 11.2. The van der Waals surface area contributed by atoms with Crippen molar-refractivity contribution in [3.63, 3.8) is 0 Å². The number of carbonyl (C=O) groups excluding carboxylic acids is 1. The number of hydrogen-bond donors (Lipinski definition) is 0. The molecule has 0 amide bonds. The fourth-order valence-electron chi connectivity index (χ4n) is 2.91. The van der Waals surface area contributed by atoms with Crippen molar-refractivity contribution in [2.75, 3.05) is 0 Å².